The molecular formula is C23H29N3O2S. The van der Waals surface area contributed by atoms with Crippen molar-refractivity contribution in [3.05, 3.63) is 78.7 Å². The standard InChI is InChI=1S/C23H29N3O2S/c1-4-18(12-17-10-11-29-15-17)25-21-20(22(27)23(21)28)24-14-19(26(2)3)13-16-8-6-5-7-9-16/h5-11,15,18-19,24-25H,4,12-14H2,1-3H3/t18-,19-/m0/s1. The highest BCUT2D eigenvalue weighted by molar-refractivity contribution is 7.07. The van der Waals surface area contributed by atoms with Crippen molar-refractivity contribution in [2.24, 2.45) is 0 Å². The minimum absolute atomic E-state index is 0.127. The van der Waals surface area contributed by atoms with Crippen LogP contribution < -0.4 is 21.5 Å². The van der Waals surface area contributed by atoms with E-state index in [0.29, 0.717) is 17.9 Å². The number of benzene rings is 1. The zero-order valence-corrected chi connectivity index (χ0v) is 18.1. The number of rotatable bonds is 11. The molecule has 5 nitrogen and oxygen atoms in total. The van der Waals surface area contributed by atoms with Gasteiger partial charge in [-0.3, -0.25) is 9.59 Å². The van der Waals surface area contributed by atoms with Crippen molar-refractivity contribution in [1.82, 2.24) is 4.90 Å². The van der Waals surface area contributed by atoms with Crippen LogP contribution in [0.1, 0.15) is 24.5 Å². The smallest absolute Gasteiger partial charge is 0.253 e. The Kier molecular flexibility index (Phi) is 7.23. The lowest BCUT2D eigenvalue weighted by Crippen LogP contribution is -2.43. The van der Waals surface area contributed by atoms with Crippen LogP contribution in [0, 0.1) is 0 Å². The molecular weight excluding hydrogens is 382 g/mol. The second-order valence-electron chi connectivity index (χ2n) is 7.68. The van der Waals surface area contributed by atoms with E-state index in [1.54, 1.807) is 11.3 Å². The van der Waals surface area contributed by atoms with Gasteiger partial charge < -0.3 is 15.5 Å². The van der Waals surface area contributed by atoms with E-state index in [9.17, 15) is 9.59 Å². The van der Waals surface area contributed by atoms with E-state index in [1.165, 1.54) is 11.1 Å². The third-order valence-corrected chi connectivity index (χ3v) is 6.10. The van der Waals surface area contributed by atoms with Gasteiger partial charge in [0, 0.05) is 18.6 Å². The minimum Gasteiger partial charge on any atom is -0.378 e. The zero-order valence-electron chi connectivity index (χ0n) is 17.3. The molecule has 2 aromatic carbocycles. The monoisotopic (exact) mass is 411 g/mol. The number of hydrogen-bond acceptors (Lipinski definition) is 6. The number of likely N-dealkylation sites (N-methyl/N-ethyl adjacent to an activating group) is 1. The molecule has 0 amide bonds. The molecule has 0 aliphatic carbocycles. The van der Waals surface area contributed by atoms with Crippen molar-refractivity contribution < 1.29 is 0 Å². The second kappa shape index (κ2) is 9.85. The molecule has 0 radical (unpaired) electrons. The van der Waals surface area contributed by atoms with E-state index in [2.05, 4.69) is 51.4 Å². The summed E-state index contributed by atoms with van der Waals surface area (Å²) in [5.74, 6) is 0. The van der Waals surface area contributed by atoms with Crippen molar-refractivity contribution in [2.75, 3.05) is 31.3 Å². The molecule has 2 atom stereocenters. The lowest BCUT2D eigenvalue weighted by Gasteiger charge is -2.27. The van der Waals surface area contributed by atoms with Crippen molar-refractivity contribution in [1.29, 1.82) is 0 Å². The fourth-order valence-corrected chi connectivity index (χ4v) is 4.12. The van der Waals surface area contributed by atoms with E-state index < -0.39 is 10.9 Å². The Balaban J connectivity index is 1.65. The van der Waals surface area contributed by atoms with Crippen LogP contribution in [0.3, 0.4) is 0 Å². The van der Waals surface area contributed by atoms with Gasteiger partial charge in [-0.25, -0.2) is 0 Å². The molecule has 0 spiro atoms. The van der Waals surface area contributed by atoms with Crippen LogP contribution in [0.2, 0.25) is 0 Å². The molecule has 0 saturated heterocycles. The molecule has 0 aliphatic heterocycles. The summed E-state index contributed by atoms with van der Waals surface area (Å²) in [5.41, 5.74) is 2.53. The second-order valence-corrected chi connectivity index (χ2v) is 8.46. The van der Waals surface area contributed by atoms with Crippen LogP contribution in [0.4, 0.5) is 11.4 Å². The maximum Gasteiger partial charge on any atom is 0.253 e. The summed E-state index contributed by atoms with van der Waals surface area (Å²) < 4.78 is 0. The van der Waals surface area contributed by atoms with Crippen molar-refractivity contribution in [2.45, 2.75) is 38.3 Å². The van der Waals surface area contributed by atoms with Gasteiger partial charge in [-0.1, -0.05) is 37.3 Å². The quantitative estimate of drug-likeness (QED) is 0.474. The average Bonchev–Trinajstić information content (AvgIpc) is 3.24. The molecule has 0 fully saturated rings. The molecule has 3 rings (SSSR count). The number of thiophene rings is 1. The maximum atomic E-state index is 12.2. The Morgan fingerprint density at radius 1 is 0.966 bits per heavy atom. The highest BCUT2D eigenvalue weighted by Gasteiger charge is 2.24. The lowest BCUT2D eigenvalue weighted by atomic mass is 10.0. The topological polar surface area (TPSA) is 61.4 Å². The average molecular weight is 412 g/mol. The number of nitrogens with zero attached hydrogens (tertiary/aromatic N) is 1. The summed E-state index contributed by atoms with van der Waals surface area (Å²) in [6.45, 7) is 2.69. The van der Waals surface area contributed by atoms with Crippen LogP contribution in [-0.4, -0.2) is 37.6 Å². The Labute approximate surface area is 176 Å². The highest BCUT2D eigenvalue weighted by Crippen LogP contribution is 2.20. The minimum atomic E-state index is -0.421. The highest BCUT2D eigenvalue weighted by atomic mass is 32.1. The van der Waals surface area contributed by atoms with E-state index in [0.717, 1.165) is 19.3 Å². The summed E-state index contributed by atoms with van der Waals surface area (Å²) in [5, 5.41) is 10.7. The van der Waals surface area contributed by atoms with E-state index >= 15 is 0 Å². The molecule has 0 bridgehead atoms. The summed E-state index contributed by atoms with van der Waals surface area (Å²) in [4.78, 5) is 26.5. The lowest BCUT2D eigenvalue weighted by molar-refractivity contribution is 0.303. The fraction of sp³-hybridized carbons (Fsp3) is 0.391. The number of nitrogens with one attached hydrogen (secondary N) is 2. The van der Waals surface area contributed by atoms with Crippen molar-refractivity contribution in [3.63, 3.8) is 0 Å². The fourth-order valence-electron chi connectivity index (χ4n) is 3.44. The van der Waals surface area contributed by atoms with Crippen LogP contribution in [0.25, 0.3) is 0 Å². The summed E-state index contributed by atoms with van der Waals surface area (Å²) >= 11 is 1.67. The molecule has 154 valence electrons. The maximum absolute atomic E-state index is 12.2. The molecule has 29 heavy (non-hydrogen) atoms. The van der Waals surface area contributed by atoms with Gasteiger partial charge in [0.05, 0.1) is 0 Å². The van der Waals surface area contributed by atoms with Crippen molar-refractivity contribution in [3.8, 4) is 0 Å². The molecule has 1 heterocycles. The Morgan fingerprint density at radius 3 is 2.31 bits per heavy atom. The predicted molar refractivity (Wildman–Crippen MR) is 123 cm³/mol. The molecule has 3 aromatic rings. The summed E-state index contributed by atoms with van der Waals surface area (Å²) in [6, 6.07) is 12.7. The SMILES string of the molecule is CC[C@@H](Cc1ccsc1)Nc1c(NC[C@H](Cc2ccccc2)N(C)C)c(=O)c1=O. The Bertz CT molecular complexity index is 960. The third-order valence-electron chi connectivity index (χ3n) is 5.37. The van der Waals surface area contributed by atoms with Gasteiger partial charge >= 0.3 is 0 Å². The van der Waals surface area contributed by atoms with Crippen LogP contribution in [0.5, 0.6) is 0 Å². The van der Waals surface area contributed by atoms with Crippen LogP contribution >= 0.6 is 11.3 Å². The van der Waals surface area contributed by atoms with Gasteiger partial charge in [-0.15, -0.1) is 0 Å². The van der Waals surface area contributed by atoms with E-state index in [4.69, 9.17) is 0 Å². The molecule has 1 aromatic heterocycles. The third kappa shape index (κ3) is 5.34. The van der Waals surface area contributed by atoms with Gasteiger partial charge in [0.25, 0.3) is 10.9 Å². The zero-order chi connectivity index (χ0) is 20.8. The number of hydrogen-bond donors (Lipinski definition) is 2. The first-order valence-electron chi connectivity index (χ1n) is 10.0. The molecule has 0 unspecified atom stereocenters. The Hall–Kier alpha value is -2.44. The number of anilines is 2. The molecule has 0 aliphatic rings. The normalized spacial score (nSPS) is 13.5. The first-order valence-corrected chi connectivity index (χ1v) is 11.0. The summed E-state index contributed by atoms with van der Waals surface area (Å²) in [7, 11) is 4.06. The van der Waals surface area contributed by atoms with Gasteiger partial charge in [0.2, 0.25) is 0 Å². The Morgan fingerprint density at radius 2 is 1.69 bits per heavy atom. The van der Waals surface area contributed by atoms with Gasteiger partial charge in [0.1, 0.15) is 11.4 Å². The van der Waals surface area contributed by atoms with Gasteiger partial charge in [0.15, 0.2) is 0 Å². The molecule has 0 saturated carbocycles. The summed E-state index contributed by atoms with van der Waals surface area (Å²) in [6.07, 6.45) is 2.59. The molecule has 2 N–H and O–H groups in total. The van der Waals surface area contributed by atoms with E-state index in [-0.39, 0.29) is 12.1 Å². The predicted octanol–water partition coefficient (Wildman–Crippen LogP) is 3.36. The van der Waals surface area contributed by atoms with Crippen molar-refractivity contribution >= 4 is 22.7 Å². The van der Waals surface area contributed by atoms with Gasteiger partial charge in [-0.2, -0.15) is 11.3 Å². The van der Waals surface area contributed by atoms with E-state index in [1.807, 2.05) is 32.3 Å². The first kappa shape index (κ1) is 21.3. The molecule has 6 heteroatoms. The van der Waals surface area contributed by atoms with Gasteiger partial charge in [-0.05, 0) is 61.3 Å². The van der Waals surface area contributed by atoms with Crippen LogP contribution in [0.15, 0.2) is 56.7 Å². The van der Waals surface area contributed by atoms with Crippen LogP contribution in [-0.2, 0) is 12.8 Å². The largest absolute Gasteiger partial charge is 0.378 e. The first-order chi connectivity index (χ1) is 14.0.